The van der Waals surface area contributed by atoms with Gasteiger partial charge in [-0.15, -0.1) is 0 Å². The molecule has 6 heteroatoms. The van der Waals surface area contributed by atoms with Crippen LogP contribution >= 0.6 is 0 Å². The molecule has 0 spiro atoms. The average Bonchev–Trinajstić information content (AvgIpc) is 2.19. The predicted octanol–water partition coefficient (Wildman–Crippen LogP) is 0.0690. The number of para-hydroxylation sites is 1. The Balaban J connectivity index is 2.70. The Morgan fingerprint density at radius 1 is 1.44 bits per heavy atom. The van der Waals surface area contributed by atoms with Crippen molar-refractivity contribution in [2.45, 2.75) is 18.8 Å². The van der Waals surface area contributed by atoms with Crippen molar-refractivity contribution in [3.05, 3.63) is 29.8 Å². The van der Waals surface area contributed by atoms with E-state index in [0.29, 0.717) is 11.3 Å². The summed E-state index contributed by atoms with van der Waals surface area (Å²) in [5, 5.41) is 8.98. The fraction of sp³-hybridized carbons (Fsp3) is 0.400. The molecule has 0 aliphatic carbocycles. The fourth-order valence-corrected chi connectivity index (χ4v) is 2.44. The maximum Gasteiger partial charge on any atom is 0.215 e. The molecular formula is C10H16N2O3S. The molecule has 5 nitrogen and oxygen atoms in total. The lowest BCUT2D eigenvalue weighted by molar-refractivity contribution is 0.198. The zero-order valence-electron chi connectivity index (χ0n) is 9.05. The molecule has 1 aromatic carbocycles. The summed E-state index contributed by atoms with van der Waals surface area (Å²) in [4.78, 5) is 0. The lowest BCUT2D eigenvalue weighted by atomic mass is 10.2. The van der Waals surface area contributed by atoms with Gasteiger partial charge in [0.1, 0.15) is 0 Å². The highest BCUT2D eigenvalue weighted by Gasteiger charge is 2.13. The van der Waals surface area contributed by atoms with E-state index in [1.54, 1.807) is 24.3 Å². The Hall–Kier alpha value is -1.11. The number of aliphatic hydroxyl groups excluding tert-OH is 1. The van der Waals surface area contributed by atoms with Crippen molar-refractivity contribution in [3.8, 4) is 0 Å². The second-order valence-corrected chi connectivity index (χ2v) is 5.46. The van der Waals surface area contributed by atoms with Crippen LogP contribution in [-0.4, -0.2) is 26.2 Å². The first kappa shape index (κ1) is 13.0. The van der Waals surface area contributed by atoms with Gasteiger partial charge in [0.25, 0.3) is 0 Å². The highest BCUT2D eigenvalue weighted by Crippen LogP contribution is 2.13. The Kier molecular flexibility index (Phi) is 4.28. The van der Waals surface area contributed by atoms with Crippen LogP contribution in [0.1, 0.15) is 12.5 Å². The number of nitrogens with one attached hydrogen (secondary N) is 1. The minimum atomic E-state index is -3.44. The molecule has 1 atom stereocenters. The molecule has 0 radical (unpaired) electrons. The topological polar surface area (TPSA) is 92.4 Å². The summed E-state index contributed by atoms with van der Waals surface area (Å²) in [6.07, 6.45) is -0.706. The predicted molar refractivity (Wildman–Crippen MR) is 63.2 cm³/mol. The van der Waals surface area contributed by atoms with E-state index in [1.807, 2.05) is 0 Å². The summed E-state index contributed by atoms with van der Waals surface area (Å²) in [6.45, 7) is 1.52. The van der Waals surface area contributed by atoms with Gasteiger partial charge in [0.2, 0.25) is 10.0 Å². The van der Waals surface area contributed by atoms with Crippen LogP contribution in [0.2, 0.25) is 0 Å². The maximum absolute atomic E-state index is 11.6. The normalized spacial score (nSPS) is 13.6. The molecule has 0 amide bonds. The Labute approximate surface area is 95.3 Å². The molecule has 0 fully saturated rings. The first-order valence-electron chi connectivity index (χ1n) is 4.89. The minimum absolute atomic E-state index is 0.00900. The lowest BCUT2D eigenvalue weighted by Gasteiger charge is -2.09. The molecule has 1 aromatic rings. The molecule has 0 unspecified atom stereocenters. The lowest BCUT2D eigenvalue weighted by Crippen LogP contribution is -2.31. The van der Waals surface area contributed by atoms with Gasteiger partial charge >= 0.3 is 0 Å². The molecular weight excluding hydrogens is 228 g/mol. The van der Waals surface area contributed by atoms with Crippen molar-refractivity contribution >= 4 is 15.7 Å². The number of benzene rings is 1. The fourth-order valence-electron chi connectivity index (χ4n) is 1.17. The van der Waals surface area contributed by atoms with Gasteiger partial charge in [-0.2, -0.15) is 0 Å². The quantitative estimate of drug-likeness (QED) is 0.639. The molecule has 0 saturated heterocycles. The van der Waals surface area contributed by atoms with Gasteiger partial charge in [-0.3, -0.25) is 0 Å². The smallest absolute Gasteiger partial charge is 0.215 e. The largest absolute Gasteiger partial charge is 0.398 e. The Morgan fingerprint density at radius 2 is 2.06 bits per heavy atom. The second kappa shape index (κ2) is 5.29. The molecule has 0 aliphatic rings. The number of hydrogen-bond acceptors (Lipinski definition) is 4. The number of sulfonamides is 1. The number of anilines is 1. The number of rotatable bonds is 5. The van der Waals surface area contributed by atoms with Gasteiger partial charge in [-0.1, -0.05) is 18.2 Å². The summed E-state index contributed by atoms with van der Waals surface area (Å²) in [6, 6.07) is 6.79. The molecule has 0 heterocycles. The van der Waals surface area contributed by atoms with Crippen LogP contribution in [0.25, 0.3) is 0 Å². The van der Waals surface area contributed by atoms with E-state index in [-0.39, 0.29) is 12.3 Å². The minimum Gasteiger partial charge on any atom is -0.398 e. The monoisotopic (exact) mass is 244 g/mol. The van der Waals surface area contributed by atoms with Crippen LogP contribution in [0, 0.1) is 0 Å². The second-order valence-electron chi connectivity index (χ2n) is 3.66. The zero-order chi connectivity index (χ0) is 12.2. The van der Waals surface area contributed by atoms with Crippen LogP contribution in [0.4, 0.5) is 5.69 Å². The average molecular weight is 244 g/mol. The summed E-state index contributed by atoms with van der Waals surface area (Å²) < 4.78 is 25.5. The SMILES string of the molecule is C[C@H](O)CNS(=O)(=O)Cc1ccccc1N. The van der Waals surface area contributed by atoms with Crippen LogP contribution in [-0.2, 0) is 15.8 Å². The van der Waals surface area contributed by atoms with Gasteiger partial charge in [-0.25, -0.2) is 13.1 Å². The first-order chi connectivity index (χ1) is 7.41. The molecule has 4 N–H and O–H groups in total. The summed E-state index contributed by atoms with van der Waals surface area (Å²) in [7, 11) is -3.44. The highest BCUT2D eigenvalue weighted by molar-refractivity contribution is 7.88. The number of aliphatic hydroxyl groups is 1. The molecule has 0 saturated carbocycles. The van der Waals surface area contributed by atoms with Crippen molar-refractivity contribution in [2.24, 2.45) is 0 Å². The molecule has 0 bridgehead atoms. The molecule has 16 heavy (non-hydrogen) atoms. The van der Waals surface area contributed by atoms with Crippen molar-refractivity contribution in [1.29, 1.82) is 0 Å². The van der Waals surface area contributed by atoms with Crippen LogP contribution in [0.5, 0.6) is 0 Å². The van der Waals surface area contributed by atoms with Crippen LogP contribution in [0.15, 0.2) is 24.3 Å². The van der Waals surface area contributed by atoms with E-state index in [9.17, 15) is 8.42 Å². The summed E-state index contributed by atoms with van der Waals surface area (Å²) in [5.41, 5.74) is 6.65. The summed E-state index contributed by atoms with van der Waals surface area (Å²) in [5.74, 6) is -0.174. The number of hydrogen-bond donors (Lipinski definition) is 3. The number of nitrogens with two attached hydrogens (primary N) is 1. The van der Waals surface area contributed by atoms with E-state index in [4.69, 9.17) is 10.8 Å². The van der Waals surface area contributed by atoms with E-state index >= 15 is 0 Å². The van der Waals surface area contributed by atoms with Crippen LogP contribution < -0.4 is 10.5 Å². The standard InChI is InChI=1S/C10H16N2O3S/c1-8(13)6-12-16(14,15)7-9-4-2-3-5-10(9)11/h2-5,8,12-13H,6-7,11H2,1H3/t8-/m0/s1. The van der Waals surface area contributed by atoms with E-state index < -0.39 is 16.1 Å². The third kappa shape index (κ3) is 4.18. The Bertz CT molecular complexity index is 443. The van der Waals surface area contributed by atoms with Gasteiger partial charge in [0, 0.05) is 12.2 Å². The van der Waals surface area contributed by atoms with E-state index in [2.05, 4.69) is 4.72 Å². The van der Waals surface area contributed by atoms with Crippen molar-refractivity contribution < 1.29 is 13.5 Å². The van der Waals surface area contributed by atoms with Gasteiger partial charge in [-0.05, 0) is 18.6 Å². The maximum atomic E-state index is 11.6. The summed E-state index contributed by atoms with van der Waals surface area (Å²) >= 11 is 0. The number of nitrogen functional groups attached to an aromatic ring is 1. The van der Waals surface area contributed by atoms with Crippen molar-refractivity contribution in [1.82, 2.24) is 4.72 Å². The van der Waals surface area contributed by atoms with Crippen molar-refractivity contribution in [2.75, 3.05) is 12.3 Å². The molecule has 90 valence electrons. The molecule has 1 rings (SSSR count). The van der Waals surface area contributed by atoms with E-state index in [0.717, 1.165) is 0 Å². The first-order valence-corrected chi connectivity index (χ1v) is 6.55. The van der Waals surface area contributed by atoms with Gasteiger partial charge in [0.05, 0.1) is 11.9 Å². The molecule has 0 aliphatic heterocycles. The van der Waals surface area contributed by atoms with Crippen molar-refractivity contribution in [3.63, 3.8) is 0 Å². The van der Waals surface area contributed by atoms with Gasteiger partial charge < -0.3 is 10.8 Å². The third-order valence-electron chi connectivity index (χ3n) is 2.00. The Morgan fingerprint density at radius 3 is 2.62 bits per heavy atom. The highest BCUT2D eigenvalue weighted by atomic mass is 32.2. The third-order valence-corrected chi connectivity index (χ3v) is 3.30. The molecule has 0 aromatic heterocycles. The van der Waals surface area contributed by atoms with E-state index in [1.165, 1.54) is 6.92 Å². The van der Waals surface area contributed by atoms with Gasteiger partial charge in [0.15, 0.2) is 0 Å². The van der Waals surface area contributed by atoms with Crippen LogP contribution in [0.3, 0.4) is 0 Å². The zero-order valence-corrected chi connectivity index (χ0v) is 9.87.